The maximum absolute atomic E-state index is 10.7. The van der Waals surface area contributed by atoms with Gasteiger partial charge in [0.2, 0.25) is 0 Å². The number of nitrogens with two attached hydrogens (primary N) is 1. The molecule has 0 radical (unpaired) electrons. The first-order valence-electron chi connectivity index (χ1n) is 3.08. The Balaban J connectivity index is 2.92. The second-order valence-corrected chi connectivity index (χ2v) is 2.53. The Labute approximate surface area is 70.8 Å². The van der Waals surface area contributed by atoms with E-state index in [2.05, 4.69) is 19.9 Å². The van der Waals surface area contributed by atoms with Gasteiger partial charge in [0.25, 0.3) is 0 Å². The van der Waals surface area contributed by atoms with Crippen LogP contribution in [-0.2, 0) is 0 Å². The predicted octanol–water partition coefficient (Wildman–Crippen LogP) is -0.118. The van der Waals surface area contributed by atoms with Crippen molar-refractivity contribution in [3.05, 3.63) is 15.6 Å². The molecule has 0 aromatic carbocycles. The van der Waals surface area contributed by atoms with Crippen LogP contribution in [0.3, 0.4) is 0 Å². The Morgan fingerprint density at radius 2 is 1.83 bits per heavy atom. The molecule has 0 spiro atoms. The standard InChI is InChI=1S/C5H4ClN5O/c6-1-2(7)9-4-3(8-1)10-5(12)11-4/h(H4,7,8,9,10,11,12). The molecule has 0 aliphatic heterocycles. The average Bonchev–Trinajstić information content (AvgIpc) is 2.30. The van der Waals surface area contributed by atoms with E-state index in [0.29, 0.717) is 11.3 Å². The van der Waals surface area contributed by atoms with Crippen molar-refractivity contribution in [2.75, 3.05) is 5.73 Å². The lowest BCUT2D eigenvalue weighted by atomic mass is 10.6. The summed E-state index contributed by atoms with van der Waals surface area (Å²) in [7, 11) is 0. The minimum absolute atomic E-state index is 0.0813. The zero-order chi connectivity index (χ0) is 8.72. The van der Waals surface area contributed by atoms with Crippen LogP contribution in [0.15, 0.2) is 4.79 Å². The van der Waals surface area contributed by atoms with Crippen molar-refractivity contribution >= 4 is 28.7 Å². The normalized spacial score (nSPS) is 10.8. The number of nitrogens with one attached hydrogen (secondary N) is 2. The second kappa shape index (κ2) is 2.21. The van der Waals surface area contributed by atoms with Crippen molar-refractivity contribution in [1.82, 2.24) is 19.9 Å². The summed E-state index contributed by atoms with van der Waals surface area (Å²) in [6.45, 7) is 0. The quantitative estimate of drug-likeness (QED) is 0.533. The van der Waals surface area contributed by atoms with Gasteiger partial charge in [-0.05, 0) is 0 Å². The van der Waals surface area contributed by atoms with E-state index >= 15 is 0 Å². The molecule has 12 heavy (non-hydrogen) atoms. The number of nitrogen functional groups attached to an aromatic ring is 1. The highest BCUT2D eigenvalue weighted by atomic mass is 35.5. The molecular weight excluding hydrogens is 182 g/mol. The Morgan fingerprint density at radius 1 is 1.25 bits per heavy atom. The summed E-state index contributed by atoms with van der Waals surface area (Å²) >= 11 is 5.56. The highest BCUT2D eigenvalue weighted by Crippen LogP contribution is 2.14. The molecule has 0 bridgehead atoms. The Morgan fingerprint density at radius 3 is 2.50 bits per heavy atom. The van der Waals surface area contributed by atoms with Crippen molar-refractivity contribution in [2.24, 2.45) is 0 Å². The minimum atomic E-state index is -0.383. The molecule has 62 valence electrons. The third-order valence-electron chi connectivity index (χ3n) is 1.34. The van der Waals surface area contributed by atoms with Gasteiger partial charge < -0.3 is 5.73 Å². The zero-order valence-electron chi connectivity index (χ0n) is 5.76. The van der Waals surface area contributed by atoms with Gasteiger partial charge in [-0.25, -0.2) is 14.8 Å². The number of imidazole rings is 1. The molecule has 0 unspecified atom stereocenters. The molecule has 2 aromatic rings. The van der Waals surface area contributed by atoms with Crippen LogP contribution in [0.5, 0.6) is 0 Å². The van der Waals surface area contributed by atoms with Gasteiger partial charge in [-0.1, -0.05) is 11.6 Å². The minimum Gasteiger partial charge on any atom is -0.381 e. The molecule has 2 heterocycles. The number of fused-ring (bicyclic) bond motifs is 1. The SMILES string of the molecule is Nc1nc2[nH]c(=O)[nH]c2nc1Cl. The second-order valence-electron chi connectivity index (χ2n) is 2.18. The number of hydrogen-bond acceptors (Lipinski definition) is 4. The molecule has 2 rings (SSSR count). The lowest BCUT2D eigenvalue weighted by Gasteiger charge is -1.93. The first-order valence-corrected chi connectivity index (χ1v) is 3.45. The third kappa shape index (κ3) is 0.928. The van der Waals surface area contributed by atoms with Crippen LogP contribution in [0.4, 0.5) is 5.82 Å². The van der Waals surface area contributed by atoms with Crippen LogP contribution >= 0.6 is 11.6 Å². The van der Waals surface area contributed by atoms with Crippen molar-refractivity contribution in [2.45, 2.75) is 0 Å². The van der Waals surface area contributed by atoms with Gasteiger partial charge in [-0.3, -0.25) is 9.97 Å². The molecule has 6 nitrogen and oxygen atoms in total. The molecule has 0 atom stereocenters. The molecule has 0 saturated carbocycles. The number of anilines is 1. The largest absolute Gasteiger partial charge is 0.381 e. The van der Waals surface area contributed by atoms with Crippen LogP contribution in [0, 0.1) is 0 Å². The fourth-order valence-corrected chi connectivity index (χ4v) is 0.975. The molecule has 0 aliphatic carbocycles. The summed E-state index contributed by atoms with van der Waals surface area (Å²) < 4.78 is 0. The van der Waals surface area contributed by atoms with E-state index in [1.54, 1.807) is 0 Å². The summed E-state index contributed by atoms with van der Waals surface area (Å²) in [6.07, 6.45) is 0. The summed E-state index contributed by atoms with van der Waals surface area (Å²) in [6, 6.07) is 0. The number of nitrogens with zero attached hydrogens (tertiary/aromatic N) is 2. The fourth-order valence-electron chi connectivity index (χ4n) is 0.849. The zero-order valence-corrected chi connectivity index (χ0v) is 6.51. The Bertz CT molecular complexity index is 444. The van der Waals surface area contributed by atoms with Crippen molar-refractivity contribution in [3.63, 3.8) is 0 Å². The first-order chi connectivity index (χ1) is 5.66. The van der Waals surface area contributed by atoms with E-state index < -0.39 is 0 Å². The molecule has 0 saturated heterocycles. The van der Waals surface area contributed by atoms with Gasteiger partial charge in [0.15, 0.2) is 22.3 Å². The smallest absolute Gasteiger partial charge is 0.326 e. The number of halogens is 1. The lowest BCUT2D eigenvalue weighted by molar-refractivity contribution is 1.20. The van der Waals surface area contributed by atoms with Crippen molar-refractivity contribution < 1.29 is 0 Å². The van der Waals surface area contributed by atoms with Crippen molar-refractivity contribution in [1.29, 1.82) is 0 Å². The number of aromatic nitrogens is 4. The Hall–Kier alpha value is -1.56. The third-order valence-corrected chi connectivity index (χ3v) is 1.62. The van der Waals surface area contributed by atoms with Crippen LogP contribution in [0.25, 0.3) is 11.3 Å². The van der Waals surface area contributed by atoms with Crippen molar-refractivity contribution in [3.8, 4) is 0 Å². The average molecular weight is 186 g/mol. The van der Waals surface area contributed by atoms with Gasteiger partial charge >= 0.3 is 5.69 Å². The van der Waals surface area contributed by atoms with Crippen LogP contribution in [-0.4, -0.2) is 19.9 Å². The fraction of sp³-hybridized carbons (Fsp3) is 0. The number of aromatic amines is 2. The monoisotopic (exact) mass is 185 g/mol. The maximum atomic E-state index is 10.7. The van der Waals surface area contributed by atoms with E-state index in [0.717, 1.165) is 0 Å². The van der Waals surface area contributed by atoms with Crippen LogP contribution in [0.2, 0.25) is 5.15 Å². The molecule has 0 fully saturated rings. The molecule has 4 N–H and O–H groups in total. The highest BCUT2D eigenvalue weighted by Gasteiger charge is 2.05. The van der Waals surface area contributed by atoms with E-state index in [-0.39, 0.29) is 16.7 Å². The molecule has 7 heteroatoms. The van der Waals surface area contributed by atoms with E-state index in [9.17, 15) is 4.79 Å². The van der Waals surface area contributed by atoms with Gasteiger partial charge in [-0.2, -0.15) is 0 Å². The number of H-pyrrole nitrogens is 2. The number of hydrogen-bond donors (Lipinski definition) is 3. The van der Waals surface area contributed by atoms with Crippen LogP contribution < -0.4 is 11.4 Å². The van der Waals surface area contributed by atoms with E-state index in [1.165, 1.54) is 0 Å². The van der Waals surface area contributed by atoms with Crippen LogP contribution in [0.1, 0.15) is 0 Å². The van der Waals surface area contributed by atoms with E-state index in [1.807, 2.05) is 0 Å². The molecular formula is C5H4ClN5O. The molecule has 0 aliphatic rings. The van der Waals surface area contributed by atoms with Gasteiger partial charge in [0.1, 0.15) is 0 Å². The summed E-state index contributed by atoms with van der Waals surface area (Å²) in [5, 5.41) is 0.0813. The first kappa shape index (κ1) is 7.11. The lowest BCUT2D eigenvalue weighted by Crippen LogP contribution is -1.99. The molecule has 0 amide bonds. The van der Waals surface area contributed by atoms with E-state index in [4.69, 9.17) is 17.3 Å². The Kier molecular flexibility index (Phi) is 1.31. The summed E-state index contributed by atoms with van der Waals surface area (Å²) in [4.78, 5) is 23.1. The molecule has 2 aromatic heterocycles. The van der Waals surface area contributed by atoms with Gasteiger partial charge in [0, 0.05) is 0 Å². The highest BCUT2D eigenvalue weighted by molar-refractivity contribution is 6.31. The summed E-state index contributed by atoms with van der Waals surface area (Å²) in [5.41, 5.74) is 5.58. The number of rotatable bonds is 0. The topological polar surface area (TPSA) is 100 Å². The maximum Gasteiger partial charge on any atom is 0.326 e. The predicted molar refractivity (Wildman–Crippen MR) is 43.9 cm³/mol. The van der Waals surface area contributed by atoms with Gasteiger partial charge in [0.05, 0.1) is 0 Å². The summed E-state index contributed by atoms with van der Waals surface area (Å²) in [5.74, 6) is 0.0967. The van der Waals surface area contributed by atoms with Gasteiger partial charge in [-0.15, -0.1) is 0 Å².